The van der Waals surface area contributed by atoms with Gasteiger partial charge in [0.25, 0.3) is 0 Å². The van der Waals surface area contributed by atoms with Crippen molar-refractivity contribution in [2.24, 2.45) is 0 Å². The molecule has 0 unspecified atom stereocenters. The average Bonchev–Trinajstić information content (AvgIpc) is 2.53. The van der Waals surface area contributed by atoms with Crippen molar-refractivity contribution < 1.29 is 10.9 Å². The van der Waals surface area contributed by atoms with Gasteiger partial charge in [-0.2, -0.15) is 0 Å². The van der Waals surface area contributed by atoms with E-state index in [0.29, 0.717) is 5.56 Å². The number of carbonyl (C=O) groups excluding carboxylic acids is 1. The van der Waals surface area contributed by atoms with E-state index in [9.17, 15) is 4.79 Å². The third-order valence-electron chi connectivity index (χ3n) is 3.63. The second kappa shape index (κ2) is 8.33. The number of hydrogen-bond donors (Lipinski definition) is 0. The van der Waals surface area contributed by atoms with Gasteiger partial charge >= 0.3 is 5.97 Å². The Morgan fingerprint density at radius 2 is 1.83 bits per heavy atom. The summed E-state index contributed by atoms with van der Waals surface area (Å²) in [6.07, 6.45) is 5.67. The van der Waals surface area contributed by atoms with Crippen LogP contribution in [0.1, 0.15) is 45.3 Å². The van der Waals surface area contributed by atoms with Crippen molar-refractivity contribution in [3.05, 3.63) is 71.3 Å². The third-order valence-corrected chi connectivity index (χ3v) is 3.63. The van der Waals surface area contributed by atoms with Crippen LogP contribution < -0.4 is 0 Å². The first kappa shape index (κ1) is 15.5. The molecule has 0 N–H and O–H groups in total. The molecule has 0 saturated carbocycles. The molecule has 0 aliphatic rings. The van der Waals surface area contributed by atoms with Gasteiger partial charge in [-0.25, -0.2) is 4.79 Å². The number of benzene rings is 2. The number of esters is 1. The summed E-state index contributed by atoms with van der Waals surface area (Å²) in [6.45, 7) is 5.12. The van der Waals surface area contributed by atoms with Gasteiger partial charge in [0.1, 0.15) is 6.58 Å². The summed E-state index contributed by atoms with van der Waals surface area (Å²) >= 11 is 0. The highest BCUT2D eigenvalue weighted by atomic mass is 16.5. The molecule has 0 fully saturated rings. The number of ether oxygens (including phenoxy) is 1. The smallest absolute Gasteiger partial charge is 0.339 e. The van der Waals surface area contributed by atoms with Crippen LogP contribution in [-0.2, 0) is 4.74 Å². The lowest BCUT2D eigenvalue weighted by Crippen LogP contribution is -2.06. The van der Waals surface area contributed by atoms with Gasteiger partial charge in [-0.05, 0) is 56.5 Å². The highest BCUT2D eigenvalue weighted by molar-refractivity contribution is 6.04. The maximum atomic E-state index is 12.4. The quantitative estimate of drug-likeness (QED) is 0.506. The van der Waals surface area contributed by atoms with E-state index in [-0.39, 0.29) is 0 Å². The molecule has 0 bridgehead atoms. The van der Waals surface area contributed by atoms with Gasteiger partial charge in [0, 0.05) is 0 Å². The molecule has 0 heterocycles. The Bertz CT molecular complexity index is 765. The number of allylic oxidation sites excluding steroid dienone is 3. The van der Waals surface area contributed by atoms with Crippen molar-refractivity contribution in [2.45, 2.75) is 33.6 Å². The van der Waals surface area contributed by atoms with Crippen molar-refractivity contribution in [1.29, 1.82) is 0 Å². The Morgan fingerprint density at radius 3 is 2.61 bits per heavy atom. The molecule has 1 atom stereocenters. The van der Waals surface area contributed by atoms with E-state index in [0.717, 1.165) is 29.2 Å². The van der Waals surface area contributed by atoms with Crippen molar-refractivity contribution in [3.63, 3.8) is 0 Å². The first-order valence-corrected chi connectivity index (χ1v) is 7.89. The van der Waals surface area contributed by atoms with Gasteiger partial charge in [-0.15, -0.1) is 0 Å². The van der Waals surface area contributed by atoms with Crippen molar-refractivity contribution >= 4 is 16.7 Å². The molecule has 23 heavy (non-hydrogen) atoms. The molecule has 0 spiro atoms. The summed E-state index contributed by atoms with van der Waals surface area (Å²) in [4.78, 5) is 12.4. The molecule has 0 amide bonds. The molecule has 2 rings (SSSR count). The highest BCUT2D eigenvalue weighted by Gasteiger charge is 2.10. The van der Waals surface area contributed by atoms with E-state index in [1.807, 2.05) is 43.3 Å². The van der Waals surface area contributed by atoms with Gasteiger partial charge in [0.05, 0.1) is 6.93 Å². The average molecular weight is 309 g/mol. The lowest BCUT2D eigenvalue weighted by molar-refractivity contribution is 0.0551. The van der Waals surface area contributed by atoms with Gasteiger partial charge in [-0.1, -0.05) is 53.6 Å². The molecule has 2 aromatic rings. The summed E-state index contributed by atoms with van der Waals surface area (Å²) < 4.78 is 13.3. The summed E-state index contributed by atoms with van der Waals surface area (Å²) in [7, 11) is 0. The van der Waals surface area contributed by atoms with E-state index < -0.39 is 12.6 Å². The number of rotatable bonds is 6. The lowest BCUT2D eigenvalue weighted by atomic mass is 10.0. The monoisotopic (exact) mass is 309 g/mol. The van der Waals surface area contributed by atoms with Crippen LogP contribution in [0.5, 0.6) is 0 Å². The maximum Gasteiger partial charge on any atom is 0.339 e. The summed E-state index contributed by atoms with van der Waals surface area (Å²) in [5, 5.41) is 1.84. The van der Waals surface area contributed by atoms with Crippen LogP contribution in [0.3, 0.4) is 0 Å². The molecule has 2 aromatic carbocycles. The van der Waals surface area contributed by atoms with Crippen LogP contribution in [-0.4, -0.2) is 12.6 Å². The zero-order valence-corrected chi connectivity index (χ0v) is 14.0. The number of hydrogen-bond acceptors (Lipinski definition) is 2. The fourth-order valence-electron chi connectivity index (χ4n) is 2.35. The van der Waals surface area contributed by atoms with E-state index in [1.54, 1.807) is 12.1 Å². The normalized spacial score (nSPS) is 13.3. The van der Waals surface area contributed by atoms with Crippen LogP contribution in [0.2, 0.25) is 0 Å². The number of carbonyl (C=O) groups is 1. The van der Waals surface area contributed by atoms with E-state index in [2.05, 4.69) is 19.9 Å². The van der Waals surface area contributed by atoms with E-state index in [1.165, 1.54) is 5.57 Å². The predicted molar refractivity (Wildman–Crippen MR) is 96.7 cm³/mol. The van der Waals surface area contributed by atoms with Crippen LogP contribution in [0.25, 0.3) is 10.8 Å². The minimum Gasteiger partial charge on any atom is -0.458 e. The maximum absolute atomic E-state index is 12.4. The number of fused-ring (bicyclic) bond motifs is 1. The standard InChI is InChI=1S/C21H24O2/c1-16(2)8-6-9-17(3)14-15-23-21(22)20-13-7-11-18-10-4-5-12-19(18)20/h4-5,7-8,10-14H,6,9,15H2,1-3H3/b17-14+/i15D/t15-/m0/s1. The highest BCUT2D eigenvalue weighted by Crippen LogP contribution is 2.19. The van der Waals surface area contributed by atoms with Crippen molar-refractivity contribution in [1.82, 2.24) is 0 Å². The van der Waals surface area contributed by atoms with Crippen LogP contribution in [0, 0.1) is 0 Å². The third kappa shape index (κ3) is 5.10. The van der Waals surface area contributed by atoms with Crippen molar-refractivity contribution in [3.8, 4) is 0 Å². The van der Waals surface area contributed by atoms with Gasteiger partial charge < -0.3 is 4.74 Å². The van der Waals surface area contributed by atoms with Gasteiger partial charge in [0.2, 0.25) is 0 Å². The minimum absolute atomic E-state index is 0.458. The zero-order chi connectivity index (χ0) is 17.5. The molecular formula is C21H24O2. The molecule has 0 aliphatic carbocycles. The minimum atomic E-state index is -0.983. The molecule has 0 saturated heterocycles. The molecule has 0 aliphatic heterocycles. The lowest BCUT2D eigenvalue weighted by Gasteiger charge is -2.06. The second-order valence-electron chi connectivity index (χ2n) is 5.90. The molecule has 2 nitrogen and oxygen atoms in total. The van der Waals surface area contributed by atoms with Gasteiger partial charge in [-0.3, -0.25) is 0 Å². The zero-order valence-electron chi connectivity index (χ0n) is 15.0. The van der Waals surface area contributed by atoms with Crippen LogP contribution in [0.4, 0.5) is 0 Å². The SMILES string of the molecule is [2H][C@@H](/C=C(\C)CCC=C(C)C)OC(=O)c1cccc2ccccc12. The van der Waals surface area contributed by atoms with Gasteiger partial charge in [0.15, 0.2) is 0 Å². The van der Waals surface area contributed by atoms with Crippen LogP contribution in [0.15, 0.2) is 65.8 Å². The Hall–Kier alpha value is -2.35. The summed E-state index contributed by atoms with van der Waals surface area (Å²) in [6, 6.07) is 13.2. The largest absolute Gasteiger partial charge is 0.458 e. The summed E-state index contributed by atoms with van der Waals surface area (Å²) in [5.74, 6) is -0.458. The molecular weight excluding hydrogens is 284 g/mol. The Labute approximate surface area is 139 Å². The summed E-state index contributed by atoms with van der Waals surface area (Å²) in [5.41, 5.74) is 2.84. The first-order valence-electron chi connectivity index (χ1n) is 8.47. The Kier molecular flexibility index (Phi) is 5.63. The first-order chi connectivity index (χ1) is 11.5. The van der Waals surface area contributed by atoms with Crippen molar-refractivity contribution in [2.75, 3.05) is 6.58 Å². The Balaban J connectivity index is 2.04. The molecule has 0 radical (unpaired) electrons. The Morgan fingerprint density at radius 1 is 1.09 bits per heavy atom. The predicted octanol–water partition coefficient (Wildman–Crippen LogP) is 5.69. The van der Waals surface area contributed by atoms with E-state index in [4.69, 9.17) is 6.11 Å². The van der Waals surface area contributed by atoms with Crippen LogP contribution >= 0.6 is 0 Å². The second-order valence-corrected chi connectivity index (χ2v) is 5.90. The topological polar surface area (TPSA) is 26.3 Å². The van der Waals surface area contributed by atoms with E-state index >= 15 is 0 Å². The fraction of sp³-hybridized carbons (Fsp3) is 0.286. The fourth-order valence-corrected chi connectivity index (χ4v) is 2.35. The molecule has 2 heteroatoms. The molecule has 0 aromatic heterocycles. The molecule has 120 valence electrons.